The lowest BCUT2D eigenvalue weighted by Crippen LogP contribution is -2.31. The predicted octanol–water partition coefficient (Wildman–Crippen LogP) is 3.23. The molecule has 4 rings (SSSR count). The molecule has 3 N–H and O–H groups in total. The van der Waals surface area contributed by atoms with Gasteiger partial charge in [0.05, 0.1) is 18.8 Å². The number of rotatable bonds is 11. The van der Waals surface area contributed by atoms with E-state index in [-0.39, 0.29) is 44.0 Å². The zero-order chi connectivity index (χ0) is 26.2. The lowest BCUT2D eigenvalue weighted by molar-refractivity contribution is -0.245. The number of aryl methyl sites for hydroxylation is 1. The van der Waals surface area contributed by atoms with E-state index in [4.69, 9.17) is 14.6 Å². The second kappa shape index (κ2) is 12.8. The minimum atomic E-state index is -0.919. The molecular weight excluding hydrogens is 498 g/mol. The number of tetrazole rings is 1. The zero-order valence-corrected chi connectivity index (χ0v) is 21.1. The first-order valence-electron chi connectivity index (χ1n) is 11.9. The van der Waals surface area contributed by atoms with E-state index in [0.717, 1.165) is 16.7 Å². The van der Waals surface area contributed by atoms with E-state index in [1.807, 2.05) is 36.4 Å². The molecule has 3 aromatic rings. The molecule has 0 spiro atoms. The first kappa shape index (κ1) is 26.7. The van der Waals surface area contributed by atoms with Crippen LogP contribution >= 0.6 is 11.8 Å². The van der Waals surface area contributed by atoms with Gasteiger partial charge in [0.1, 0.15) is 0 Å². The lowest BCUT2D eigenvalue weighted by atomic mass is 10.0. The second-order valence-electron chi connectivity index (χ2n) is 8.66. The van der Waals surface area contributed by atoms with E-state index in [1.165, 1.54) is 11.8 Å². The van der Waals surface area contributed by atoms with Gasteiger partial charge in [0.15, 0.2) is 6.29 Å². The van der Waals surface area contributed by atoms with Crippen molar-refractivity contribution in [1.82, 2.24) is 20.2 Å². The molecule has 0 aliphatic carbocycles. The van der Waals surface area contributed by atoms with Gasteiger partial charge in [0.25, 0.3) is 0 Å². The Morgan fingerprint density at radius 1 is 1.08 bits per heavy atom. The molecule has 1 fully saturated rings. The summed E-state index contributed by atoms with van der Waals surface area (Å²) in [6, 6.07) is 14.9. The predicted molar refractivity (Wildman–Crippen MR) is 135 cm³/mol. The molecule has 3 atom stereocenters. The van der Waals surface area contributed by atoms with E-state index in [1.54, 1.807) is 23.9 Å². The Kier molecular flexibility index (Phi) is 9.23. The van der Waals surface area contributed by atoms with E-state index in [0.29, 0.717) is 23.0 Å². The topological polar surface area (TPSA) is 149 Å². The van der Waals surface area contributed by atoms with Gasteiger partial charge in [-0.1, -0.05) is 48.2 Å². The summed E-state index contributed by atoms with van der Waals surface area (Å²) in [4.78, 5) is 22.7. The third-order valence-corrected chi connectivity index (χ3v) is 7.00. The van der Waals surface area contributed by atoms with Gasteiger partial charge in [-0.2, -0.15) is 0 Å². The maximum absolute atomic E-state index is 12.1. The third kappa shape index (κ3) is 7.59. The van der Waals surface area contributed by atoms with Crippen LogP contribution < -0.4 is 5.32 Å². The maximum atomic E-state index is 12.1. The molecule has 1 aliphatic rings. The molecule has 12 heteroatoms. The SMILES string of the molecule is Cn1nnnc1SC[C@@H]1C[C@H](c2ccc(CO)cc2)O[C@H](c2ccc(NC(=O)CCCC(=O)O)cc2)O1. The van der Waals surface area contributed by atoms with Crippen LogP contribution in [0.3, 0.4) is 0 Å². The average molecular weight is 528 g/mol. The van der Waals surface area contributed by atoms with Gasteiger partial charge in [0.2, 0.25) is 11.1 Å². The first-order valence-corrected chi connectivity index (χ1v) is 12.9. The van der Waals surface area contributed by atoms with Gasteiger partial charge in [-0.25, -0.2) is 4.68 Å². The minimum absolute atomic E-state index is 0.0228. The Hall–Kier alpha value is -3.32. The Morgan fingerprint density at radius 3 is 2.46 bits per heavy atom. The van der Waals surface area contributed by atoms with Crippen LogP contribution in [-0.4, -0.2) is 54.2 Å². The van der Waals surface area contributed by atoms with Crippen molar-refractivity contribution in [3.05, 3.63) is 65.2 Å². The van der Waals surface area contributed by atoms with Crippen LogP contribution in [0.1, 0.15) is 54.8 Å². The molecular formula is C25H29N5O6S. The normalized spacial score (nSPS) is 19.5. The number of amides is 1. The molecule has 2 aromatic carbocycles. The minimum Gasteiger partial charge on any atom is -0.481 e. The Labute approximate surface area is 218 Å². The largest absolute Gasteiger partial charge is 0.481 e. The van der Waals surface area contributed by atoms with Crippen LogP contribution in [0, 0.1) is 0 Å². The number of ether oxygens (including phenoxy) is 2. The number of benzene rings is 2. The van der Waals surface area contributed by atoms with Gasteiger partial charge >= 0.3 is 5.97 Å². The summed E-state index contributed by atoms with van der Waals surface area (Å²) >= 11 is 1.51. The number of nitrogens with one attached hydrogen (secondary N) is 1. The number of aliphatic carboxylic acids is 1. The molecule has 1 amide bonds. The molecule has 1 saturated heterocycles. The van der Waals surface area contributed by atoms with E-state index in [9.17, 15) is 14.7 Å². The van der Waals surface area contributed by atoms with E-state index >= 15 is 0 Å². The number of hydrogen-bond donors (Lipinski definition) is 3. The Balaban J connectivity index is 1.44. The standard InChI is InChI=1S/C25H29N5O6S/c1-30-25(27-28-29-30)37-15-20-13-21(17-7-5-16(14-31)6-8-17)36-24(35-20)18-9-11-19(12-10-18)26-22(32)3-2-4-23(33)34/h5-12,20-21,24,31H,2-4,13-15H2,1H3,(H,26,32)(H,33,34)/t20-,21+,24+/m0/s1. The summed E-state index contributed by atoms with van der Waals surface area (Å²) in [6.07, 6.45) is 0.0320. The van der Waals surface area contributed by atoms with E-state index in [2.05, 4.69) is 20.8 Å². The van der Waals surface area contributed by atoms with Crippen molar-refractivity contribution in [2.45, 2.75) is 55.9 Å². The van der Waals surface area contributed by atoms with Gasteiger partial charge in [0, 0.05) is 43.3 Å². The molecule has 1 aliphatic heterocycles. The summed E-state index contributed by atoms with van der Waals surface area (Å²) in [5.41, 5.74) is 3.23. The number of aliphatic hydroxyl groups is 1. The van der Waals surface area contributed by atoms with Crippen molar-refractivity contribution in [3.8, 4) is 0 Å². The monoisotopic (exact) mass is 527 g/mol. The highest BCUT2D eigenvalue weighted by molar-refractivity contribution is 7.99. The highest BCUT2D eigenvalue weighted by Gasteiger charge is 2.32. The molecule has 196 valence electrons. The number of thioether (sulfide) groups is 1. The number of hydrogen-bond acceptors (Lipinski definition) is 9. The quantitative estimate of drug-likeness (QED) is 0.317. The summed E-state index contributed by atoms with van der Waals surface area (Å²) in [5, 5.41) is 33.1. The highest BCUT2D eigenvalue weighted by Crippen LogP contribution is 2.39. The number of carbonyl (C=O) groups is 2. The summed E-state index contributed by atoms with van der Waals surface area (Å²) in [7, 11) is 1.79. The number of carbonyl (C=O) groups excluding carboxylic acids is 1. The number of carboxylic acids is 1. The fraction of sp³-hybridized carbons (Fsp3) is 0.400. The second-order valence-corrected chi connectivity index (χ2v) is 9.65. The maximum Gasteiger partial charge on any atom is 0.303 e. The third-order valence-electron chi connectivity index (χ3n) is 5.86. The van der Waals surface area contributed by atoms with Crippen molar-refractivity contribution in [2.24, 2.45) is 7.05 Å². The fourth-order valence-corrected chi connectivity index (χ4v) is 4.75. The molecule has 0 radical (unpaired) electrons. The van der Waals surface area contributed by atoms with Crippen LogP contribution in [0.4, 0.5) is 5.69 Å². The molecule has 0 saturated carbocycles. The van der Waals surface area contributed by atoms with Crippen LogP contribution in [0.15, 0.2) is 53.7 Å². The lowest BCUT2D eigenvalue weighted by Gasteiger charge is -2.36. The smallest absolute Gasteiger partial charge is 0.303 e. The fourth-order valence-electron chi connectivity index (χ4n) is 3.88. The highest BCUT2D eigenvalue weighted by atomic mass is 32.2. The van der Waals surface area contributed by atoms with Crippen LogP contribution in [-0.2, 0) is 32.7 Å². The van der Waals surface area contributed by atoms with Crippen molar-refractivity contribution in [3.63, 3.8) is 0 Å². The van der Waals surface area contributed by atoms with E-state index < -0.39 is 12.3 Å². The van der Waals surface area contributed by atoms with Crippen LogP contribution in [0.25, 0.3) is 0 Å². The number of aliphatic hydroxyl groups excluding tert-OH is 1. The van der Waals surface area contributed by atoms with Crippen molar-refractivity contribution < 1.29 is 29.3 Å². The molecule has 0 unspecified atom stereocenters. The van der Waals surface area contributed by atoms with Crippen molar-refractivity contribution in [1.29, 1.82) is 0 Å². The number of carboxylic acid groups (broad SMARTS) is 1. The van der Waals surface area contributed by atoms with Gasteiger partial charge < -0.3 is 25.0 Å². The first-order chi connectivity index (χ1) is 17.9. The van der Waals surface area contributed by atoms with Crippen molar-refractivity contribution in [2.75, 3.05) is 11.1 Å². The van der Waals surface area contributed by atoms with Crippen LogP contribution in [0.5, 0.6) is 0 Å². The Morgan fingerprint density at radius 2 is 1.81 bits per heavy atom. The molecule has 2 heterocycles. The van der Waals surface area contributed by atoms with Gasteiger partial charge in [-0.05, 0) is 40.1 Å². The number of anilines is 1. The molecule has 11 nitrogen and oxygen atoms in total. The Bertz CT molecular complexity index is 1190. The number of aromatic nitrogens is 4. The molecule has 1 aromatic heterocycles. The zero-order valence-electron chi connectivity index (χ0n) is 20.3. The van der Waals surface area contributed by atoms with Crippen molar-refractivity contribution >= 4 is 29.3 Å². The average Bonchev–Trinajstić information content (AvgIpc) is 3.32. The molecule has 37 heavy (non-hydrogen) atoms. The summed E-state index contributed by atoms with van der Waals surface area (Å²) < 4.78 is 14.2. The van der Waals surface area contributed by atoms with Gasteiger partial charge in [-0.3, -0.25) is 9.59 Å². The van der Waals surface area contributed by atoms with Crippen LogP contribution in [0.2, 0.25) is 0 Å². The summed E-state index contributed by atoms with van der Waals surface area (Å²) in [6.45, 7) is -0.0228. The number of nitrogens with zero attached hydrogens (tertiary/aromatic N) is 4. The molecule has 0 bridgehead atoms. The van der Waals surface area contributed by atoms with Gasteiger partial charge in [-0.15, -0.1) is 5.10 Å². The summed E-state index contributed by atoms with van der Waals surface area (Å²) in [5.74, 6) is -0.526.